The highest BCUT2D eigenvalue weighted by Gasteiger charge is 2.15. The fraction of sp³-hybridized carbons (Fsp3) is 0.179. The zero-order valence-electron chi connectivity index (χ0n) is 20.8. The molecule has 0 fully saturated rings. The average molecular weight is 502 g/mol. The van der Waals surface area contributed by atoms with Gasteiger partial charge < -0.3 is 19.5 Å². The van der Waals surface area contributed by atoms with Crippen LogP contribution >= 0.6 is 12.2 Å². The van der Waals surface area contributed by atoms with Crippen LogP contribution in [0.1, 0.15) is 27.0 Å². The molecule has 1 heterocycles. The maximum absolute atomic E-state index is 12.5. The lowest BCUT2D eigenvalue weighted by Gasteiger charge is -2.17. The molecular formula is C28H27N3O4S. The van der Waals surface area contributed by atoms with Crippen LogP contribution in [-0.4, -0.2) is 30.2 Å². The number of nitrogens with one attached hydrogen (secondary N) is 2. The van der Waals surface area contributed by atoms with E-state index in [1.54, 1.807) is 26.5 Å². The number of ether oxygens (including phenoxy) is 3. The fourth-order valence-electron chi connectivity index (χ4n) is 3.81. The van der Waals surface area contributed by atoms with E-state index >= 15 is 0 Å². The molecule has 4 rings (SSSR count). The van der Waals surface area contributed by atoms with Gasteiger partial charge in [-0.2, -0.15) is 0 Å². The minimum atomic E-state index is -0.262. The first-order chi connectivity index (χ1) is 17.3. The number of methoxy groups -OCH3 is 2. The maximum atomic E-state index is 12.5. The lowest BCUT2D eigenvalue weighted by atomic mass is 10.1. The van der Waals surface area contributed by atoms with E-state index in [2.05, 4.69) is 15.6 Å². The summed E-state index contributed by atoms with van der Waals surface area (Å²) in [5.41, 5.74) is 4.93. The van der Waals surface area contributed by atoms with Gasteiger partial charge in [0.2, 0.25) is 0 Å². The fourth-order valence-corrected chi connectivity index (χ4v) is 4.01. The molecule has 0 bridgehead atoms. The Morgan fingerprint density at radius 1 is 0.861 bits per heavy atom. The summed E-state index contributed by atoms with van der Waals surface area (Å²) >= 11 is 5.38. The Labute approximate surface area is 215 Å². The van der Waals surface area contributed by atoms with Crippen LogP contribution in [0.25, 0.3) is 10.9 Å². The predicted molar refractivity (Wildman–Crippen MR) is 146 cm³/mol. The third kappa shape index (κ3) is 5.23. The molecule has 7 nitrogen and oxygen atoms in total. The number of aryl methyl sites for hydroxylation is 1. The molecule has 0 aliphatic heterocycles. The van der Waals surface area contributed by atoms with Crippen molar-refractivity contribution in [3.05, 3.63) is 83.0 Å². The molecule has 0 atom stereocenters. The largest absolute Gasteiger partial charge is 0.493 e. The van der Waals surface area contributed by atoms with Gasteiger partial charge in [-0.05, 0) is 80.5 Å². The molecule has 4 aromatic rings. The van der Waals surface area contributed by atoms with Crippen LogP contribution in [0.15, 0.2) is 60.8 Å². The van der Waals surface area contributed by atoms with E-state index in [0.717, 1.165) is 33.3 Å². The lowest BCUT2D eigenvalue weighted by Crippen LogP contribution is -2.34. The van der Waals surface area contributed by atoms with Crippen molar-refractivity contribution in [2.24, 2.45) is 0 Å². The van der Waals surface area contributed by atoms with E-state index in [1.807, 2.05) is 69.3 Å². The summed E-state index contributed by atoms with van der Waals surface area (Å²) in [6.45, 7) is 5.87. The van der Waals surface area contributed by atoms with E-state index in [9.17, 15) is 4.79 Å². The molecule has 0 radical (unpaired) electrons. The highest BCUT2D eigenvalue weighted by Crippen LogP contribution is 2.38. The predicted octanol–water partition coefficient (Wildman–Crippen LogP) is 6.10. The number of carbonyl (C=O) groups excluding carboxylic acids is 1. The first-order valence-electron chi connectivity index (χ1n) is 11.3. The standard InChI is InChI=1S/C28H27N3O4S/c1-16-7-6-8-19(13-16)27(32)31-28(36)30-21-9-10-23(18(3)17(21)2)35-24-11-12-29-22-15-26(34-5)25(33-4)14-20(22)24/h6-15H,1-5H3,(H2,30,31,32,36). The summed E-state index contributed by atoms with van der Waals surface area (Å²) in [6, 6.07) is 16.6. The molecule has 8 heteroatoms. The Balaban J connectivity index is 1.54. The number of aromatic nitrogens is 1. The number of rotatable bonds is 6. The van der Waals surface area contributed by atoms with Gasteiger partial charge in [-0.1, -0.05) is 17.7 Å². The number of anilines is 1. The Hall–Kier alpha value is -4.17. The van der Waals surface area contributed by atoms with Gasteiger partial charge in [0.15, 0.2) is 16.6 Å². The van der Waals surface area contributed by atoms with Gasteiger partial charge in [0.05, 0.1) is 19.7 Å². The molecule has 1 amide bonds. The van der Waals surface area contributed by atoms with Crippen LogP contribution in [0.5, 0.6) is 23.0 Å². The Morgan fingerprint density at radius 2 is 1.61 bits per heavy atom. The summed E-state index contributed by atoms with van der Waals surface area (Å²) in [5.74, 6) is 2.27. The third-order valence-electron chi connectivity index (χ3n) is 5.92. The first-order valence-corrected chi connectivity index (χ1v) is 11.7. The van der Waals surface area contributed by atoms with Gasteiger partial charge in [-0.3, -0.25) is 15.1 Å². The van der Waals surface area contributed by atoms with E-state index in [4.69, 9.17) is 26.4 Å². The van der Waals surface area contributed by atoms with Crippen LogP contribution in [0.2, 0.25) is 0 Å². The van der Waals surface area contributed by atoms with Gasteiger partial charge in [0.25, 0.3) is 5.91 Å². The lowest BCUT2D eigenvalue weighted by molar-refractivity contribution is 0.0977. The molecule has 184 valence electrons. The van der Waals surface area contributed by atoms with Gasteiger partial charge in [0.1, 0.15) is 11.5 Å². The second-order valence-corrected chi connectivity index (χ2v) is 8.68. The van der Waals surface area contributed by atoms with E-state index in [0.29, 0.717) is 28.6 Å². The molecule has 0 aliphatic carbocycles. The van der Waals surface area contributed by atoms with Crippen molar-refractivity contribution in [3.63, 3.8) is 0 Å². The summed E-state index contributed by atoms with van der Waals surface area (Å²) in [7, 11) is 3.18. The molecule has 2 N–H and O–H groups in total. The second kappa shape index (κ2) is 10.6. The van der Waals surface area contributed by atoms with Crippen LogP contribution in [-0.2, 0) is 0 Å². The van der Waals surface area contributed by atoms with Gasteiger partial charge in [0, 0.05) is 28.9 Å². The van der Waals surface area contributed by atoms with Gasteiger partial charge >= 0.3 is 0 Å². The first kappa shape index (κ1) is 24.9. The highest BCUT2D eigenvalue weighted by atomic mass is 32.1. The number of pyridine rings is 1. The summed E-state index contributed by atoms with van der Waals surface area (Å²) in [5, 5.41) is 6.87. The Bertz CT molecular complexity index is 1470. The highest BCUT2D eigenvalue weighted by molar-refractivity contribution is 7.80. The number of fused-ring (bicyclic) bond motifs is 1. The minimum absolute atomic E-state index is 0.221. The van der Waals surface area contributed by atoms with Crippen LogP contribution < -0.4 is 24.8 Å². The van der Waals surface area contributed by atoms with Gasteiger partial charge in [-0.15, -0.1) is 0 Å². The monoisotopic (exact) mass is 501 g/mol. The zero-order chi connectivity index (χ0) is 25.8. The zero-order valence-corrected chi connectivity index (χ0v) is 21.6. The molecule has 36 heavy (non-hydrogen) atoms. The van der Waals surface area contributed by atoms with Crippen molar-refractivity contribution in [1.29, 1.82) is 0 Å². The van der Waals surface area contributed by atoms with Crippen molar-refractivity contribution in [3.8, 4) is 23.0 Å². The number of hydrogen-bond donors (Lipinski definition) is 2. The minimum Gasteiger partial charge on any atom is -0.493 e. The molecular weight excluding hydrogens is 474 g/mol. The van der Waals surface area contributed by atoms with Crippen molar-refractivity contribution in [1.82, 2.24) is 10.3 Å². The summed E-state index contributed by atoms with van der Waals surface area (Å²) in [4.78, 5) is 16.9. The molecule has 0 unspecified atom stereocenters. The summed E-state index contributed by atoms with van der Waals surface area (Å²) in [6.07, 6.45) is 1.69. The van der Waals surface area contributed by atoms with Crippen LogP contribution in [0, 0.1) is 20.8 Å². The molecule has 0 saturated heterocycles. The maximum Gasteiger partial charge on any atom is 0.257 e. The van der Waals surface area contributed by atoms with E-state index in [1.165, 1.54) is 0 Å². The van der Waals surface area contributed by atoms with Crippen molar-refractivity contribution in [2.45, 2.75) is 20.8 Å². The number of hydrogen-bond acceptors (Lipinski definition) is 6. The number of nitrogens with zero attached hydrogens (tertiary/aromatic N) is 1. The second-order valence-electron chi connectivity index (χ2n) is 8.27. The SMILES string of the molecule is COc1cc2nccc(Oc3ccc(NC(=S)NC(=O)c4cccc(C)c4)c(C)c3C)c2cc1OC. The van der Waals surface area contributed by atoms with Crippen molar-refractivity contribution in [2.75, 3.05) is 19.5 Å². The molecule has 3 aromatic carbocycles. The molecule has 1 aromatic heterocycles. The number of benzene rings is 3. The summed E-state index contributed by atoms with van der Waals surface area (Å²) < 4.78 is 17.1. The normalized spacial score (nSPS) is 10.6. The molecule has 0 spiro atoms. The molecule has 0 saturated carbocycles. The smallest absolute Gasteiger partial charge is 0.257 e. The van der Waals surface area contributed by atoms with Gasteiger partial charge in [-0.25, -0.2) is 0 Å². The quantitative estimate of drug-likeness (QED) is 0.309. The Morgan fingerprint density at radius 3 is 2.33 bits per heavy atom. The number of carbonyl (C=O) groups is 1. The Kier molecular flexibility index (Phi) is 7.36. The third-order valence-corrected chi connectivity index (χ3v) is 6.12. The van der Waals surface area contributed by atoms with Crippen molar-refractivity contribution >= 4 is 39.8 Å². The number of amides is 1. The average Bonchev–Trinajstić information content (AvgIpc) is 2.87. The molecule has 0 aliphatic rings. The van der Waals surface area contributed by atoms with E-state index < -0.39 is 0 Å². The number of thiocarbonyl (C=S) groups is 1. The van der Waals surface area contributed by atoms with Crippen molar-refractivity contribution < 1.29 is 19.0 Å². The topological polar surface area (TPSA) is 81.7 Å². The van der Waals surface area contributed by atoms with E-state index in [-0.39, 0.29) is 11.0 Å². The van der Waals surface area contributed by atoms with Crippen LogP contribution in [0.3, 0.4) is 0 Å². The van der Waals surface area contributed by atoms with Crippen LogP contribution in [0.4, 0.5) is 5.69 Å².